The van der Waals surface area contributed by atoms with Crippen LogP contribution in [0.1, 0.15) is 29.4 Å². The third-order valence-corrected chi connectivity index (χ3v) is 5.58. The summed E-state index contributed by atoms with van der Waals surface area (Å²) in [6.07, 6.45) is 3.72. The second kappa shape index (κ2) is 8.68. The number of benzene rings is 1. The lowest BCUT2D eigenvalue weighted by molar-refractivity contribution is -0.117. The van der Waals surface area contributed by atoms with Crippen molar-refractivity contribution in [1.82, 2.24) is 9.47 Å². The maximum Gasteiger partial charge on any atom is 0.354 e. The van der Waals surface area contributed by atoms with E-state index in [4.69, 9.17) is 4.74 Å². The van der Waals surface area contributed by atoms with Gasteiger partial charge in [-0.15, -0.1) is 0 Å². The van der Waals surface area contributed by atoms with Crippen LogP contribution in [0.15, 0.2) is 42.6 Å². The minimum Gasteiger partial charge on any atom is -0.464 e. The lowest BCUT2D eigenvalue weighted by Gasteiger charge is -2.32. The third kappa shape index (κ3) is 4.45. The Morgan fingerprint density at radius 3 is 2.62 bits per heavy atom. The number of ether oxygens (including phenoxy) is 1. The molecule has 1 aromatic carbocycles. The molecular formula is C19H22IN3O3. The maximum absolute atomic E-state index is 12.3. The molecule has 2 heterocycles. The van der Waals surface area contributed by atoms with E-state index in [9.17, 15) is 9.59 Å². The summed E-state index contributed by atoms with van der Waals surface area (Å²) in [6.45, 7) is 2.03. The Hall–Kier alpha value is -1.87. The van der Waals surface area contributed by atoms with Crippen LogP contribution in [-0.2, 0) is 9.53 Å². The Balaban J connectivity index is 1.53. The highest BCUT2D eigenvalue weighted by molar-refractivity contribution is 14.1. The highest BCUT2D eigenvalue weighted by Crippen LogP contribution is 2.25. The molecule has 1 saturated heterocycles. The molecule has 0 atom stereocenters. The van der Waals surface area contributed by atoms with Crippen molar-refractivity contribution in [2.24, 2.45) is 0 Å². The predicted octanol–water partition coefficient (Wildman–Crippen LogP) is 3.15. The number of methoxy groups -OCH3 is 1. The SMILES string of the molecule is COC(=O)c1cccn1C1CCN(CC(=O)Nc2ccccc2I)CC1. The predicted molar refractivity (Wildman–Crippen MR) is 108 cm³/mol. The molecule has 0 radical (unpaired) electrons. The molecule has 138 valence electrons. The number of likely N-dealkylation sites (tertiary alicyclic amines) is 1. The fourth-order valence-corrected chi connectivity index (χ4v) is 3.82. The number of nitrogens with one attached hydrogen (secondary N) is 1. The van der Waals surface area contributed by atoms with E-state index in [0.717, 1.165) is 35.2 Å². The summed E-state index contributed by atoms with van der Waals surface area (Å²) in [5.41, 5.74) is 1.44. The molecule has 2 aromatic rings. The standard InChI is InChI=1S/C19H22IN3O3/c1-26-19(25)17-7-4-10-23(17)14-8-11-22(12-9-14)13-18(24)21-16-6-3-2-5-15(16)20/h2-7,10,14H,8-9,11-13H2,1H3,(H,21,24). The number of para-hydroxylation sites is 1. The number of halogens is 1. The molecule has 7 heteroatoms. The first-order valence-electron chi connectivity index (χ1n) is 8.60. The lowest BCUT2D eigenvalue weighted by atomic mass is 10.0. The Kier molecular flexibility index (Phi) is 6.31. The van der Waals surface area contributed by atoms with Gasteiger partial charge in [-0.2, -0.15) is 0 Å². The second-order valence-corrected chi connectivity index (χ2v) is 7.49. The number of anilines is 1. The van der Waals surface area contributed by atoms with Crippen molar-refractivity contribution < 1.29 is 14.3 Å². The molecule has 26 heavy (non-hydrogen) atoms. The highest BCUT2D eigenvalue weighted by atomic mass is 127. The maximum atomic E-state index is 12.3. The van der Waals surface area contributed by atoms with Gasteiger partial charge in [0.2, 0.25) is 5.91 Å². The van der Waals surface area contributed by atoms with Crippen LogP contribution in [0.25, 0.3) is 0 Å². The van der Waals surface area contributed by atoms with E-state index in [-0.39, 0.29) is 17.9 Å². The molecular weight excluding hydrogens is 445 g/mol. The topological polar surface area (TPSA) is 63.6 Å². The quantitative estimate of drug-likeness (QED) is 0.542. The van der Waals surface area contributed by atoms with E-state index in [0.29, 0.717) is 12.2 Å². The van der Waals surface area contributed by atoms with Crippen molar-refractivity contribution >= 4 is 40.2 Å². The number of piperidine rings is 1. The summed E-state index contributed by atoms with van der Waals surface area (Å²) >= 11 is 2.22. The monoisotopic (exact) mass is 467 g/mol. The molecule has 1 aliphatic heterocycles. The van der Waals surface area contributed by atoms with Crippen LogP contribution >= 0.6 is 22.6 Å². The van der Waals surface area contributed by atoms with Gasteiger partial charge in [0.1, 0.15) is 5.69 Å². The fourth-order valence-electron chi connectivity index (χ4n) is 3.30. The smallest absolute Gasteiger partial charge is 0.354 e. The Morgan fingerprint density at radius 2 is 1.92 bits per heavy atom. The van der Waals surface area contributed by atoms with Gasteiger partial charge in [0.15, 0.2) is 0 Å². The van der Waals surface area contributed by atoms with E-state index >= 15 is 0 Å². The lowest BCUT2D eigenvalue weighted by Crippen LogP contribution is -2.40. The van der Waals surface area contributed by atoms with Crippen LogP contribution in [0.4, 0.5) is 5.69 Å². The van der Waals surface area contributed by atoms with Crippen LogP contribution in [-0.4, -0.2) is 48.1 Å². The zero-order valence-corrected chi connectivity index (χ0v) is 16.8. The van der Waals surface area contributed by atoms with E-state index in [1.807, 2.05) is 41.1 Å². The average Bonchev–Trinajstić information content (AvgIpc) is 3.13. The molecule has 1 aliphatic rings. The number of hydrogen-bond donors (Lipinski definition) is 1. The van der Waals surface area contributed by atoms with Crippen LogP contribution < -0.4 is 5.32 Å². The molecule has 0 aliphatic carbocycles. The normalized spacial score (nSPS) is 15.6. The Labute approximate surface area is 166 Å². The van der Waals surface area contributed by atoms with Gasteiger partial charge in [-0.25, -0.2) is 4.79 Å². The van der Waals surface area contributed by atoms with E-state index in [1.54, 1.807) is 6.07 Å². The number of esters is 1. The first-order valence-corrected chi connectivity index (χ1v) is 9.68. The van der Waals surface area contributed by atoms with Crippen molar-refractivity contribution in [2.75, 3.05) is 32.1 Å². The second-order valence-electron chi connectivity index (χ2n) is 6.33. The summed E-state index contributed by atoms with van der Waals surface area (Å²) in [7, 11) is 1.40. The first-order chi connectivity index (χ1) is 12.6. The molecule has 1 fully saturated rings. The molecule has 0 spiro atoms. The number of aromatic nitrogens is 1. The zero-order valence-electron chi connectivity index (χ0n) is 14.7. The first kappa shape index (κ1) is 18.9. The molecule has 0 bridgehead atoms. The number of nitrogens with zero attached hydrogens (tertiary/aromatic N) is 2. The van der Waals surface area contributed by atoms with E-state index < -0.39 is 0 Å². The number of hydrogen-bond acceptors (Lipinski definition) is 4. The molecule has 0 unspecified atom stereocenters. The summed E-state index contributed by atoms with van der Waals surface area (Å²) in [5.74, 6) is -0.307. The Morgan fingerprint density at radius 1 is 1.19 bits per heavy atom. The number of amides is 1. The summed E-state index contributed by atoms with van der Waals surface area (Å²) in [5, 5.41) is 2.97. The van der Waals surface area contributed by atoms with E-state index in [2.05, 4.69) is 32.8 Å². The molecule has 1 amide bonds. The van der Waals surface area contributed by atoms with Crippen LogP contribution in [0, 0.1) is 3.57 Å². The van der Waals surface area contributed by atoms with Crippen LogP contribution in [0.3, 0.4) is 0 Å². The van der Waals surface area contributed by atoms with E-state index in [1.165, 1.54) is 7.11 Å². The van der Waals surface area contributed by atoms with Gasteiger partial charge in [-0.05, 0) is 59.7 Å². The van der Waals surface area contributed by atoms with Crippen LogP contribution in [0.2, 0.25) is 0 Å². The number of rotatable bonds is 5. The van der Waals surface area contributed by atoms with Crippen molar-refractivity contribution in [2.45, 2.75) is 18.9 Å². The van der Waals surface area contributed by atoms with Crippen LogP contribution in [0.5, 0.6) is 0 Å². The largest absolute Gasteiger partial charge is 0.464 e. The average molecular weight is 467 g/mol. The third-order valence-electron chi connectivity index (χ3n) is 4.64. The van der Waals surface area contributed by atoms with Gasteiger partial charge in [0, 0.05) is 28.9 Å². The van der Waals surface area contributed by atoms with Gasteiger partial charge >= 0.3 is 5.97 Å². The van der Waals surface area contributed by atoms with Gasteiger partial charge in [-0.1, -0.05) is 12.1 Å². The minimum atomic E-state index is -0.311. The summed E-state index contributed by atoms with van der Waals surface area (Å²) < 4.78 is 7.87. The molecule has 0 saturated carbocycles. The van der Waals surface area contributed by atoms with Crippen molar-refractivity contribution in [3.63, 3.8) is 0 Å². The highest BCUT2D eigenvalue weighted by Gasteiger charge is 2.24. The molecule has 1 N–H and O–H groups in total. The minimum absolute atomic E-state index is 0.00350. The zero-order chi connectivity index (χ0) is 18.5. The molecule has 1 aromatic heterocycles. The number of carbonyl (C=O) groups is 2. The fraction of sp³-hybridized carbons (Fsp3) is 0.368. The number of carbonyl (C=O) groups excluding carboxylic acids is 2. The van der Waals surface area contributed by atoms with Gasteiger partial charge < -0.3 is 14.6 Å². The van der Waals surface area contributed by atoms with Crippen molar-refractivity contribution in [3.8, 4) is 0 Å². The summed E-state index contributed by atoms with van der Waals surface area (Å²) in [4.78, 5) is 26.3. The summed E-state index contributed by atoms with van der Waals surface area (Å²) in [6, 6.07) is 11.7. The van der Waals surface area contributed by atoms with Gasteiger partial charge in [0.25, 0.3) is 0 Å². The van der Waals surface area contributed by atoms with Gasteiger partial charge in [0.05, 0.1) is 19.3 Å². The van der Waals surface area contributed by atoms with Crippen molar-refractivity contribution in [3.05, 3.63) is 51.9 Å². The molecule has 6 nitrogen and oxygen atoms in total. The van der Waals surface area contributed by atoms with Gasteiger partial charge in [-0.3, -0.25) is 9.69 Å². The van der Waals surface area contributed by atoms with Crippen molar-refractivity contribution in [1.29, 1.82) is 0 Å². The molecule has 3 rings (SSSR count). The Bertz CT molecular complexity index is 782.